The van der Waals surface area contributed by atoms with Crippen molar-refractivity contribution >= 4 is 17.5 Å². The molecule has 0 aliphatic rings. The molecular formula is C12H10F2O4. The number of halogens is 2. The first kappa shape index (κ1) is 14.0. The Bertz CT molecular complexity index is 491. The Balaban J connectivity index is 2.95. The van der Waals surface area contributed by atoms with Gasteiger partial charge in [-0.05, 0) is 24.3 Å². The molecule has 0 saturated carbocycles. The normalized spacial score (nSPS) is 10.9. The molecule has 0 saturated heterocycles. The van der Waals surface area contributed by atoms with Crippen LogP contribution >= 0.6 is 0 Å². The highest BCUT2D eigenvalue weighted by atomic mass is 19.3. The van der Waals surface area contributed by atoms with E-state index in [2.05, 4.69) is 4.74 Å². The molecular weight excluding hydrogens is 246 g/mol. The molecule has 0 bridgehead atoms. The van der Waals surface area contributed by atoms with Crippen LogP contribution < -0.4 is 4.74 Å². The third-order valence-electron chi connectivity index (χ3n) is 2.11. The van der Waals surface area contributed by atoms with Gasteiger partial charge < -0.3 is 4.74 Å². The lowest BCUT2D eigenvalue weighted by atomic mass is 10.0. The van der Waals surface area contributed by atoms with E-state index >= 15 is 0 Å². The van der Waals surface area contributed by atoms with Gasteiger partial charge in [0.2, 0.25) is 11.6 Å². The average molecular weight is 256 g/mol. The van der Waals surface area contributed by atoms with E-state index in [-0.39, 0.29) is 11.3 Å². The van der Waals surface area contributed by atoms with Crippen LogP contribution in [0.25, 0.3) is 0 Å². The van der Waals surface area contributed by atoms with Gasteiger partial charge in [-0.1, -0.05) is 0 Å². The van der Waals surface area contributed by atoms with Gasteiger partial charge in [-0.25, -0.2) is 0 Å². The van der Waals surface area contributed by atoms with Crippen molar-refractivity contribution in [3.05, 3.63) is 29.8 Å². The Morgan fingerprint density at radius 1 is 1.06 bits per heavy atom. The lowest BCUT2D eigenvalue weighted by Crippen LogP contribution is -2.36. The third kappa shape index (κ3) is 2.97. The van der Waals surface area contributed by atoms with E-state index in [0.29, 0.717) is 6.92 Å². The number of hydrogen-bond acceptors (Lipinski definition) is 4. The zero-order chi connectivity index (χ0) is 13.9. The maximum atomic E-state index is 13.2. The maximum Gasteiger partial charge on any atom is 0.366 e. The van der Waals surface area contributed by atoms with Crippen LogP contribution in [0.3, 0.4) is 0 Å². The predicted octanol–water partition coefficient (Wildman–Crippen LogP) is 2.02. The zero-order valence-corrected chi connectivity index (χ0v) is 9.70. The second-order valence-corrected chi connectivity index (χ2v) is 3.58. The standard InChI is InChI=1S/C12H10F2O4/c1-7(15)12(13,14)11(17)9-3-5-10(6-4-9)18-8(2)16/h3-6H,1-2H3. The van der Waals surface area contributed by atoms with Crippen molar-refractivity contribution in [1.82, 2.24) is 0 Å². The summed E-state index contributed by atoms with van der Waals surface area (Å²) in [6, 6.07) is 4.53. The van der Waals surface area contributed by atoms with Gasteiger partial charge in [0, 0.05) is 19.4 Å². The molecule has 1 rings (SSSR count). The number of hydrogen-bond donors (Lipinski definition) is 0. The molecule has 0 radical (unpaired) electrons. The van der Waals surface area contributed by atoms with Crippen molar-refractivity contribution in [3.63, 3.8) is 0 Å². The molecule has 0 N–H and O–H groups in total. The van der Waals surface area contributed by atoms with E-state index in [1.807, 2.05) is 0 Å². The molecule has 4 nitrogen and oxygen atoms in total. The second-order valence-electron chi connectivity index (χ2n) is 3.58. The molecule has 6 heteroatoms. The number of rotatable bonds is 4. The quantitative estimate of drug-likeness (QED) is 0.358. The molecule has 0 atom stereocenters. The van der Waals surface area contributed by atoms with Gasteiger partial charge >= 0.3 is 11.9 Å². The number of Topliss-reactive ketones (excluding diaryl/α,β-unsaturated/α-hetero) is 2. The van der Waals surface area contributed by atoms with Crippen LogP contribution in [0.15, 0.2) is 24.3 Å². The van der Waals surface area contributed by atoms with Crippen LogP contribution in [0.4, 0.5) is 8.78 Å². The fourth-order valence-electron chi connectivity index (χ4n) is 1.18. The third-order valence-corrected chi connectivity index (χ3v) is 2.11. The number of esters is 1. The molecule has 0 heterocycles. The van der Waals surface area contributed by atoms with Crippen LogP contribution in [0, 0.1) is 0 Å². The fourth-order valence-corrected chi connectivity index (χ4v) is 1.18. The Kier molecular flexibility index (Phi) is 3.90. The average Bonchev–Trinajstić information content (AvgIpc) is 2.28. The summed E-state index contributed by atoms with van der Waals surface area (Å²) in [5.41, 5.74) is -0.328. The van der Waals surface area contributed by atoms with E-state index in [4.69, 9.17) is 0 Å². The van der Waals surface area contributed by atoms with Crippen molar-refractivity contribution in [2.75, 3.05) is 0 Å². The highest BCUT2D eigenvalue weighted by Gasteiger charge is 2.44. The Labute approximate surface area is 102 Å². The number of ether oxygens (including phenoxy) is 1. The number of ketones is 2. The lowest BCUT2D eigenvalue weighted by Gasteiger charge is -2.11. The van der Waals surface area contributed by atoms with Gasteiger partial charge in [0.1, 0.15) is 5.75 Å². The summed E-state index contributed by atoms with van der Waals surface area (Å²) in [6.07, 6.45) is 0. The predicted molar refractivity (Wildman–Crippen MR) is 57.7 cm³/mol. The van der Waals surface area contributed by atoms with E-state index in [9.17, 15) is 23.2 Å². The Morgan fingerprint density at radius 2 is 1.56 bits per heavy atom. The Morgan fingerprint density at radius 3 is 1.94 bits per heavy atom. The lowest BCUT2D eigenvalue weighted by molar-refractivity contribution is -0.134. The molecule has 0 aliphatic heterocycles. The molecule has 1 aromatic rings. The minimum Gasteiger partial charge on any atom is -0.427 e. The summed E-state index contributed by atoms with van der Waals surface area (Å²) in [6.45, 7) is 1.83. The summed E-state index contributed by atoms with van der Waals surface area (Å²) < 4.78 is 31.0. The van der Waals surface area contributed by atoms with E-state index < -0.39 is 23.5 Å². The second kappa shape index (κ2) is 5.03. The van der Waals surface area contributed by atoms with Gasteiger partial charge in [0.05, 0.1) is 0 Å². The number of alkyl halides is 2. The van der Waals surface area contributed by atoms with Crippen molar-refractivity contribution < 1.29 is 27.9 Å². The largest absolute Gasteiger partial charge is 0.427 e. The van der Waals surface area contributed by atoms with Gasteiger partial charge in [-0.3, -0.25) is 14.4 Å². The van der Waals surface area contributed by atoms with Crippen molar-refractivity contribution in [1.29, 1.82) is 0 Å². The molecule has 18 heavy (non-hydrogen) atoms. The van der Waals surface area contributed by atoms with Crippen LogP contribution in [-0.2, 0) is 9.59 Å². The van der Waals surface area contributed by atoms with Crippen molar-refractivity contribution in [3.8, 4) is 5.75 Å². The van der Waals surface area contributed by atoms with Gasteiger partial charge in [0.25, 0.3) is 0 Å². The molecule has 0 amide bonds. The summed E-state index contributed by atoms with van der Waals surface area (Å²) in [5.74, 6) is -7.57. The molecule has 96 valence electrons. The van der Waals surface area contributed by atoms with Crippen LogP contribution in [0.2, 0.25) is 0 Å². The molecule has 0 unspecified atom stereocenters. The van der Waals surface area contributed by atoms with Crippen molar-refractivity contribution in [2.24, 2.45) is 0 Å². The highest BCUT2D eigenvalue weighted by Crippen LogP contribution is 2.22. The van der Waals surface area contributed by atoms with Crippen LogP contribution in [0.5, 0.6) is 5.75 Å². The molecule has 1 aromatic carbocycles. The summed E-state index contributed by atoms with van der Waals surface area (Å²) >= 11 is 0. The molecule has 0 aliphatic carbocycles. The molecule has 0 spiro atoms. The minimum atomic E-state index is -4.04. The first-order chi connectivity index (χ1) is 8.25. The zero-order valence-electron chi connectivity index (χ0n) is 9.70. The van der Waals surface area contributed by atoms with Gasteiger partial charge in [-0.15, -0.1) is 0 Å². The molecule has 0 aromatic heterocycles. The van der Waals surface area contributed by atoms with E-state index in [1.54, 1.807) is 0 Å². The van der Waals surface area contributed by atoms with Crippen LogP contribution in [0.1, 0.15) is 24.2 Å². The first-order valence-corrected chi connectivity index (χ1v) is 4.97. The smallest absolute Gasteiger partial charge is 0.366 e. The number of benzene rings is 1. The topological polar surface area (TPSA) is 60.4 Å². The van der Waals surface area contributed by atoms with Crippen molar-refractivity contribution in [2.45, 2.75) is 19.8 Å². The number of carbonyl (C=O) groups excluding carboxylic acids is 3. The minimum absolute atomic E-state index is 0.130. The maximum absolute atomic E-state index is 13.2. The monoisotopic (exact) mass is 256 g/mol. The molecule has 0 fully saturated rings. The van der Waals surface area contributed by atoms with Crippen LogP contribution in [-0.4, -0.2) is 23.5 Å². The first-order valence-electron chi connectivity index (χ1n) is 4.97. The van der Waals surface area contributed by atoms with E-state index in [1.165, 1.54) is 19.1 Å². The summed E-state index contributed by atoms with van der Waals surface area (Å²) in [7, 11) is 0. The number of carbonyl (C=O) groups is 3. The Hall–Kier alpha value is -2.11. The summed E-state index contributed by atoms with van der Waals surface area (Å²) in [4.78, 5) is 32.6. The van der Waals surface area contributed by atoms with Gasteiger partial charge in [0.15, 0.2) is 0 Å². The highest BCUT2D eigenvalue weighted by molar-refractivity contribution is 6.15. The van der Waals surface area contributed by atoms with E-state index in [0.717, 1.165) is 12.1 Å². The summed E-state index contributed by atoms with van der Waals surface area (Å²) in [5, 5.41) is 0. The van der Waals surface area contributed by atoms with Gasteiger partial charge in [-0.2, -0.15) is 8.78 Å². The fraction of sp³-hybridized carbons (Fsp3) is 0.250. The SMILES string of the molecule is CC(=O)Oc1ccc(C(=O)C(F)(F)C(C)=O)cc1.